The van der Waals surface area contributed by atoms with Gasteiger partial charge in [-0.3, -0.25) is 4.79 Å². The van der Waals surface area contributed by atoms with Crippen molar-refractivity contribution in [3.63, 3.8) is 0 Å². The Bertz CT molecular complexity index is 840. The molecule has 0 spiro atoms. The van der Waals surface area contributed by atoms with Crippen molar-refractivity contribution in [3.8, 4) is 0 Å². The van der Waals surface area contributed by atoms with Crippen LogP contribution in [0.2, 0.25) is 0 Å². The predicted octanol–water partition coefficient (Wildman–Crippen LogP) is 4.17. The highest BCUT2D eigenvalue weighted by atomic mass is 35.5. The van der Waals surface area contributed by atoms with Gasteiger partial charge in [0.25, 0.3) is 5.91 Å². The maximum Gasteiger partial charge on any atom is 0.266 e. The van der Waals surface area contributed by atoms with Crippen LogP contribution < -0.4 is 5.32 Å². The van der Waals surface area contributed by atoms with E-state index in [1.54, 1.807) is 12.1 Å². The Morgan fingerprint density at radius 2 is 2.15 bits per heavy atom. The zero-order valence-electron chi connectivity index (χ0n) is 15.7. The number of thiazole rings is 1. The zero-order chi connectivity index (χ0) is 18.4. The van der Waals surface area contributed by atoms with Gasteiger partial charge in [0.1, 0.15) is 10.7 Å². The molecule has 2 fully saturated rings. The van der Waals surface area contributed by atoms with E-state index < -0.39 is 0 Å². The van der Waals surface area contributed by atoms with Crippen LogP contribution in [0.15, 0.2) is 24.3 Å². The third-order valence-electron chi connectivity index (χ3n) is 5.52. The van der Waals surface area contributed by atoms with Crippen molar-refractivity contribution in [2.75, 3.05) is 19.6 Å². The van der Waals surface area contributed by atoms with Crippen LogP contribution in [-0.4, -0.2) is 35.4 Å². The average molecular weight is 410 g/mol. The molecule has 0 aliphatic carbocycles. The van der Waals surface area contributed by atoms with Crippen LogP contribution in [0.5, 0.6) is 0 Å². The number of hydrogen-bond acceptors (Lipinski definition) is 4. The predicted molar refractivity (Wildman–Crippen MR) is 108 cm³/mol. The number of benzene rings is 1. The van der Waals surface area contributed by atoms with Crippen molar-refractivity contribution in [1.82, 2.24) is 15.2 Å². The molecule has 7 heteroatoms. The molecule has 1 aromatic carbocycles. The second kappa shape index (κ2) is 7.86. The first kappa shape index (κ1) is 20.2. The lowest BCUT2D eigenvalue weighted by atomic mass is 9.89. The topological polar surface area (TPSA) is 45.2 Å². The number of amides is 1. The summed E-state index contributed by atoms with van der Waals surface area (Å²) >= 11 is 1.50. The Balaban J connectivity index is 0.00000210. The molecule has 1 N–H and O–H groups in total. The Morgan fingerprint density at radius 1 is 1.37 bits per heavy atom. The number of carbonyl (C=O) groups is 1. The minimum absolute atomic E-state index is 0. The lowest BCUT2D eigenvalue weighted by Crippen LogP contribution is -2.34. The van der Waals surface area contributed by atoms with Crippen LogP contribution in [0.25, 0.3) is 0 Å². The highest BCUT2D eigenvalue weighted by molar-refractivity contribution is 7.13. The van der Waals surface area contributed by atoms with Gasteiger partial charge in [0.05, 0.1) is 16.7 Å². The zero-order valence-corrected chi connectivity index (χ0v) is 17.4. The second-order valence-corrected chi connectivity index (χ2v) is 8.69. The first-order valence-electron chi connectivity index (χ1n) is 9.20. The first-order valence-corrected chi connectivity index (χ1v) is 10.0. The van der Waals surface area contributed by atoms with Crippen LogP contribution in [0.4, 0.5) is 4.39 Å². The minimum atomic E-state index is -0.250. The maximum atomic E-state index is 13.8. The third-order valence-corrected chi connectivity index (χ3v) is 6.96. The summed E-state index contributed by atoms with van der Waals surface area (Å²) in [5, 5.41) is 4.42. The summed E-state index contributed by atoms with van der Waals surface area (Å²) < 4.78 is 13.8. The molecule has 146 valence electrons. The summed E-state index contributed by atoms with van der Waals surface area (Å²) in [6.07, 6.45) is 0. The Morgan fingerprint density at radius 3 is 2.81 bits per heavy atom. The fraction of sp³-hybridized carbons (Fsp3) is 0.500. The van der Waals surface area contributed by atoms with E-state index in [9.17, 15) is 9.18 Å². The molecule has 2 saturated heterocycles. The number of halogens is 2. The van der Waals surface area contributed by atoms with Gasteiger partial charge in [-0.2, -0.15) is 0 Å². The monoisotopic (exact) mass is 409 g/mol. The first-order chi connectivity index (χ1) is 12.5. The van der Waals surface area contributed by atoms with Crippen LogP contribution in [-0.2, 0) is 0 Å². The SMILES string of the molecule is Cc1nc(C(C)C)sc1C(=O)N1C[C@@H]2CNC[C@@H]2[C@H]1c1cccc(F)c1.Cl. The molecule has 27 heavy (non-hydrogen) atoms. The lowest BCUT2D eigenvalue weighted by molar-refractivity contribution is 0.0717. The highest BCUT2D eigenvalue weighted by Crippen LogP contribution is 2.44. The summed E-state index contributed by atoms with van der Waals surface area (Å²) in [5.41, 5.74) is 1.69. The fourth-order valence-corrected chi connectivity index (χ4v) is 5.27. The molecule has 1 aromatic heterocycles. The highest BCUT2D eigenvalue weighted by Gasteiger charge is 2.47. The van der Waals surface area contributed by atoms with Crippen molar-refractivity contribution in [1.29, 1.82) is 0 Å². The van der Waals surface area contributed by atoms with Crippen LogP contribution in [0.3, 0.4) is 0 Å². The van der Waals surface area contributed by atoms with Crippen molar-refractivity contribution < 1.29 is 9.18 Å². The maximum absolute atomic E-state index is 13.8. The molecule has 2 aliphatic heterocycles. The van der Waals surface area contributed by atoms with E-state index in [0.717, 1.165) is 34.2 Å². The molecule has 1 amide bonds. The quantitative estimate of drug-likeness (QED) is 0.827. The van der Waals surface area contributed by atoms with E-state index in [-0.39, 0.29) is 30.2 Å². The summed E-state index contributed by atoms with van der Waals surface area (Å²) in [5.74, 6) is 0.848. The van der Waals surface area contributed by atoms with Gasteiger partial charge in [-0.15, -0.1) is 23.7 Å². The summed E-state index contributed by atoms with van der Waals surface area (Å²) in [7, 11) is 0. The molecule has 0 unspecified atom stereocenters. The van der Waals surface area contributed by atoms with E-state index in [1.165, 1.54) is 17.4 Å². The Hall–Kier alpha value is -1.50. The van der Waals surface area contributed by atoms with E-state index >= 15 is 0 Å². The van der Waals surface area contributed by atoms with Gasteiger partial charge >= 0.3 is 0 Å². The number of likely N-dealkylation sites (tertiary alicyclic amines) is 1. The molecule has 3 heterocycles. The number of aryl methyl sites for hydroxylation is 1. The van der Waals surface area contributed by atoms with E-state index in [2.05, 4.69) is 24.1 Å². The van der Waals surface area contributed by atoms with Gasteiger partial charge in [0.15, 0.2) is 0 Å². The van der Waals surface area contributed by atoms with E-state index in [1.807, 2.05) is 17.9 Å². The molecule has 3 atom stereocenters. The number of aromatic nitrogens is 1. The fourth-order valence-electron chi connectivity index (χ4n) is 4.24. The van der Waals surface area contributed by atoms with Crippen molar-refractivity contribution >= 4 is 29.7 Å². The smallest absolute Gasteiger partial charge is 0.266 e. The summed E-state index contributed by atoms with van der Waals surface area (Å²) in [4.78, 5) is 20.7. The normalized spacial score (nSPS) is 24.2. The number of fused-ring (bicyclic) bond motifs is 1. The second-order valence-electron chi connectivity index (χ2n) is 7.66. The van der Waals surface area contributed by atoms with E-state index in [4.69, 9.17) is 0 Å². The molecule has 0 bridgehead atoms. The molecule has 4 nitrogen and oxygen atoms in total. The standard InChI is InChI=1S/C20H24FN3OS.ClH/c1-11(2)19-23-12(3)18(26-19)20(25)24-10-14-8-22-9-16(14)17(24)13-5-4-6-15(21)7-13;/h4-7,11,14,16-17,22H,8-10H2,1-3H3;1H/t14-,16-,17+;/m0./s1. The van der Waals surface area contributed by atoms with Crippen molar-refractivity contribution in [2.24, 2.45) is 11.8 Å². The van der Waals surface area contributed by atoms with Crippen molar-refractivity contribution in [3.05, 3.63) is 51.2 Å². The van der Waals surface area contributed by atoms with Gasteiger partial charge in [0.2, 0.25) is 0 Å². The molecule has 0 saturated carbocycles. The summed E-state index contributed by atoms with van der Waals surface area (Å²) in [6.45, 7) is 8.59. The van der Waals surface area contributed by atoms with Gasteiger partial charge < -0.3 is 10.2 Å². The molecule has 2 aromatic rings. The van der Waals surface area contributed by atoms with Gasteiger partial charge in [0, 0.05) is 31.5 Å². The van der Waals surface area contributed by atoms with Crippen LogP contribution in [0.1, 0.15) is 51.7 Å². The number of nitrogens with zero attached hydrogens (tertiary/aromatic N) is 2. The molecule has 0 radical (unpaired) electrons. The molecule has 2 aliphatic rings. The van der Waals surface area contributed by atoms with Gasteiger partial charge in [-0.25, -0.2) is 9.37 Å². The number of rotatable bonds is 3. The third kappa shape index (κ3) is 3.62. The molecular formula is C20H25ClFN3OS. The Kier molecular flexibility index (Phi) is 5.89. The Labute approximate surface area is 169 Å². The molecule has 4 rings (SSSR count). The largest absolute Gasteiger partial charge is 0.330 e. The number of nitrogens with one attached hydrogen (secondary N) is 1. The van der Waals surface area contributed by atoms with Crippen molar-refractivity contribution in [2.45, 2.75) is 32.7 Å². The number of hydrogen-bond donors (Lipinski definition) is 1. The van der Waals surface area contributed by atoms with E-state index in [0.29, 0.717) is 24.3 Å². The van der Waals surface area contributed by atoms with Crippen LogP contribution in [0, 0.1) is 24.6 Å². The van der Waals surface area contributed by atoms with Gasteiger partial charge in [-0.1, -0.05) is 26.0 Å². The molecular weight excluding hydrogens is 385 g/mol. The van der Waals surface area contributed by atoms with Gasteiger partial charge in [-0.05, 0) is 30.5 Å². The van der Waals surface area contributed by atoms with Crippen LogP contribution >= 0.6 is 23.7 Å². The minimum Gasteiger partial charge on any atom is -0.330 e. The number of carbonyl (C=O) groups excluding carboxylic acids is 1. The average Bonchev–Trinajstić information content (AvgIpc) is 3.27. The lowest BCUT2D eigenvalue weighted by Gasteiger charge is -2.28. The summed E-state index contributed by atoms with van der Waals surface area (Å²) in [6, 6.07) is 6.62.